The molecule has 114 valence electrons. The van der Waals surface area contributed by atoms with E-state index in [4.69, 9.17) is 25.8 Å². The molecule has 0 heterocycles. The zero-order chi connectivity index (χ0) is 15.2. The molecule has 0 atom stereocenters. The lowest BCUT2D eigenvalue weighted by Crippen LogP contribution is -2.22. The predicted octanol–water partition coefficient (Wildman–Crippen LogP) is 3.26. The Bertz CT molecular complexity index is 430. The first kappa shape index (κ1) is 17.1. The van der Waals surface area contributed by atoms with Gasteiger partial charge in [-0.3, -0.25) is 0 Å². The minimum absolute atomic E-state index is 0.165. The van der Waals surface area contributed by atoms with E-state index < -0.39 is 0 Å². The van der Waals surface area contributed by atoms with Crippen LogP contribution in [0.1, 0.15) is 26.3 Å². The number of benzene rings is 1. The zero-order valence-corrected chi connectivity index (χ0v) is 13.6. The molecular formula is C15H24ClNO3. The van der Waals surface area contributed by atoms with Crippen LogP contribution in [-0.2, 0) is 11.3 Å². The van der Waals surface area contributed by atoms with Gasteiger partial charge in [0.15, 0.2) is 11.5 Å². The summed E-state index contributed by atoms with van der Waals surface area (Å²) in [6.45, 7) is 7.69. The molecule has 1 rings (SSSR count). The number of nitrogens with one attached hydrogen (secondary N) is 1. The van der Waals surface area contributed by atoms with Crippen LogP contribution in [0.2, 0.25) is 5.02 Å². The largest absolute Gasteiger partial charge is 0.493 e. The Labute approximate surface area is 126 Å². The zero-order valence-electron chi connectivity index (χ0n) is 12.9. The second-order valence-corrected chi connectivity index (χ2v) is 5.87. The first-order chi connectivity index (χ1) is 9.37. The highest BCUT2D eigenvalue weighted by molar-refractivity contribution is 6.30. The fraction of sp³-hybridized carbons (Fsp3) is 0.600. The lowest BCUT2D eigenvalue weighted by molar-refractivity contribution is -0.0166. The molecule has 0 aliphatic heterocycles. The topological polar surface area (TPSA) is 39.7 Å². The summed E-state index contributed by atoms with van der Waals surface area (Å²) in [4.78, 5) is 0. The molecule has 0 unspecified atom stereocenters. The SMILES string of the molecule is CNCc1cc(Cl)cc(OC)c1OCCOC(C)(C)C. The van der Waals surface area contributed by atoms with Gasteiger partial charge < -0.3 is 19.5 Å². The summed E-state index contributed by atoms with van der Waals surface area (Å²) in [5.41, 5.74) is 0.800. The average Bonchev–Trinajstić information content (AvgIpc) is 2.35. The molecule has 0 bridgehead atoms. The van der Waals surface area contributed by atoms with E-state index in [1.165, 1.54) is 0 Å². The van der Waals surface area contributed by atoms with Crippen molar-refractivity contribution in [3.05, 3.63) is 22.7 Å². The fourth-order valence-corrected chi connectivity index (χ4v) is 1.98. The molecule has 5 heteroatoms. The number of hydrogen-bond acceptors (Lipinski definition) is 4. The van der Waals surface area contributed by atoms with Crippen LogP contribution in [-0.4, -0.2) is 33.0 Å². The van der Waals surface area contributed by atoms with Gasteiger partial charge in [0, 0.05) is 23.2 Å². The van der Waals surface area contributed by atoms with Crippen LogP contribution in [0.25, 0.3) is 0 Å². The van der Waals surface area contributed by atoms with Gasteiger partial charge in [0.2, 0.25) is 0 Å². The van der Waals surface area contributed by atoms with Crippen LogP contribution in [0.4, 0.5) is 0 Å². The molecule has 1 aromatic carbocycles. The average molecular weight is 302 g/mol. The number of ether oxygens (including phenoxy) is 3. The van der Waals surface area contributed by atoms with Gasteiger partial charge in [-0.15, -0.1) is 0 Å². The van der Waals surface area contributed by atoms with Crippen molar-refractivity contribution in [2.45, 2.75) is 32.9 Å². The monoisotopic (exact) mass is 301 g/mol. The lowest BCUT2D eigenvalue weighted by atomic mass is 10.2. The van der Waals surface area contributed by atoms with E-state index >= 15 is 0 Å². The van der Waals surface area contributed by atoms with Crippen LogP contribution >= 0.6 is 11.6 Å². The molecule has 20 heavy (non-hydrogen) atoms. The summed E-state index contributed by atoms with van der Waals surface area (Å²) in [7, 11) is 3.48. The van der Waals surface area contributed by atoms with Crippen LogP contribution in [0.15, 0.2) is 12.1 Å². The second-order valence-electron chi connectivity index (χ2n) is 5.44. The molecule has 0 radical (unpaired) electrons. The summed E-state index contributed by atoms with van der Waals surface area (Å²) < 4.78 is 16.8. The van der Waals surface area contributed by atoms with Crippen molar-refractivity contribution >= 4 is 11.6 Å². The highest BCUT2D eigenvalue weighted by Crippen LogP contribution is 2.34. The first-order valence-electron chi connectivity index (χ1n) is 6.65. The van der Waals surface area contributed by atoms with Crippen molar-refractivity contribution in [1.29, 1.82) is 0 Å². The van der Waals surface area contributed by atoms with E-state index in [9.17, 15) is 0 Å². The quantitative estimate of drug-likeness (QED) is 0.785. The van der Waals surface area contributed by atoms with Gasteiger partial charge in [-0.1, -0.05) is 11.6 Å². The first-order valence-corrected chi connectivity index (χ1v) is 7.03. The third-order valence-electron chi connectivity index (χ3n) is 2.55. The molecule has 0 aromatic heterocycles. The van der Waals surface area contributed by atoms with Crippen LogP contribution in [0.5, 0.6) is 11.5 Å². The Morgan fingerprint density at radius 2 is 1.90 bits per heavy atom. The minimum atomic E-state index is -0.165. The smallest absolute Gasteiger partial charge is 0.165 e. The Morgan fingerprint density at radius 3 is 2.45 bits per heavy atom. The minimum Gasteiger partial charge on any atom is -0.493 e. The van der Waals surface area contributed by atoms with Crippen LogP contribution in [0, 0.1) is 0 Å². The van der Waals surface area contributed by atoms with Crippen molar-refractivity contribution in [1.82, 2.24) is 5.32 Å². The predicted molar refractivity (Wildman–Crippen MR) is 82.0 cm³/mol. The third-order valence-corrected chi connectivity index (χ3v) is 2.77. The second kappa shape index (κ2) is 7.72. The normalized spacial score (nSPS) is 11.5. The lowest BCUT2D eigenvalue weighted by Gasteiger charge is -2.20. The number of rotatable bonds is 7. The Balaban J connectivity index is 2.76. The van der Waals surface area contributed by atoms with Gasteiger partial charge >= 0.3 is 0 Å². The molecule has 0 aliphatic rings. The van der Waals surface area contributed by atoms with E-state index in [0.717, 1.165) is 5.56 Å². The number of hydrogen-bond donors (Lipinski definition) is 1. The molecule has 0 saturated heterocycles. The van der Waals surface area contributed by atoms with E-state index in [2.05, 4.69) is 5.32 Å². The highest BCUT2D eigenvalue weighted by Gasteiger charge is 2.14. The molecule has 0 saturated carbocycles. The fourth-order valence-electron chi connectivity index (χ4n) is 1.75. The summed E-state index contributed by atoms with van der Waals surface area (Å²) in [6, 6.07) is 3.63. The Morgan fingerprint density at radius 1 is 1.20 bits per heavy atom. The maximum atomic E-state index is 6.07. The van der Waals surface area contributed by atoms with Gasteiger partial charge in [-0.2, -0.15) is 0 Å². The third kappa shape index (κ3) is 5.57. The van der Waals surface area contributed by atoms with E-state index in [0.29, 0.717) is 36.3 Å². The van der Waals surface area contributed by atoms with E-state index in [1.54, 1.807) is 13.2 Å². The van der Waals surface area contributed by atoms with Gasteiger partial charge in [0.25, 0.3) is 0 Å². The highest BCUT2D eigenvalue weighted by atomic mass is 35.5. The molecule has 0 spiro atoms. The van der Waals surface area contributed by atoms with Gasteiger partial charge in [0.05, 0.1) is 19.3 Å². The summed E-state index contributed by atoms with van der Waals surface area (Å²) in [6.07, 6.45) is 0. The van der Waals surface area contributed by atoms with Crippen LogP contribution in [0.3, 0.4) is 0 Å². The maximum Gasteiger partial charge on any atom is 0.165 e. The van der Waals surface area contributed by atoms with Crippen molar-refractivity contribution < 1.29 is 14.2 Å². The molecule has 1 N–H and O–H groups in total. The van der Waals surface area contributed by atoms with Crippen molar-refractivity contribution in [2.24, 2.45) is 0 Å². The molecule has 0 fully saturated rings. The molecule has 0 aliphatic carbocycles. The number of methoxy groups -OCH3 is 1. The standard InChI is InChI=1S/C15H24ClNO3/c1-15(2,3)20-7-6-19-14-11(10-17-4)8-12(16)9-13(14)18-5/h8-9,17H,6-7,10H2,1-5H3. The summed E-state index contributed by atoms with van der Waals surface area (Å²) >= 11 is 6.07. The molecule has 4 nitrogen and oxygen atoms in total. The summed E-state index contributed by atoms with van der Waals surface area (Å²) in [5, 5.41) is 3.72. The van der Waals surface area contributed by atoms with Crippen molar-refractivity contribution in [3.63, 3.8) is 0 Å². The number of halogens is 1. The van der Waals surface area contributed by atoms with E-state index in [-0.39, 0.29) is 5.60 Å². The Hall–Kier alpha value is -0.970. The van der Waals surface area contributed by atoms with Crippen LogP contribution < -0.4 is 14.8 Å². The van der Waals surface area contributed by atoms with Crippen molar-refractivity contribution in [2.75, 3.05) is 27.4 Å². The van der Waals surface area contributed by atoms with E-state index in [1.807, 2.05) is 33.9 Å². The molecular weight excluding hydrogens is 278 g/mol. The maximum absolute atomic E-state index is 6.07. The molecule has 0 amide bonds. The van der Waals surface area contributed by atoms with Gasteiger partial charge in [0.1, 0.15) is 6.61 Å². The molecule has 1 aromatic rings. The van der Waals surface area contributed by atoms with Crippen molar-refractivity contribution in [3.8, 4) is 11.5 Å². The summed E-state index contributed by atoms with van der Waals surface area (Å²) in [5.74, 6) is 1.35. The van der Waals surface area contributed by atoms with Gasteiger partial charge in [-0.25, -0.2) is 0 Å². The Kier molecular flexibility index (Phi) is 6.59. The van der Waals surface area contributed by atoms with Gasteiger partial charge in [-0.05, 0) is 33.9 Å².